The maximum Gasteiger partial charge on any atom is 0.310 e. The molecule has 6 nitrogen and oxygen atoms in total. The first-order chi connectivity index (χ1) is 10.2. The van der Waals surface area contributed by atoms with Gasteiger partial charge in [-0.15, -0.1) is 0 Å². The minimum Gasteiger partial charge on any atom is -0.469 e. The van der Waals surface area contributed by atoms with Gasteiger partial charge >= 0.3 is 5.97 Å². The van der Waals surface area contributed by atoms with Crippen LogP contribution >= 0.6 is 0 Å². The van der Waals surface area contributed by atoms with Crippen molar-refractivity contribution < 1.29 is 28.2 Å². The van der Waals surface area contributed by atoms with Crippen LogP contribution in [-0.4, -0.2) is 25.7 Å². The second-order valence-corrected chi connectivity index (χ2v) is 4.42. The fraction of sp³-hybridized carbons (Fsp3) is 0.200. The Kier molecular flexibility index (Phi) is 3.35. The second kappa shape index (κ2) is 5.32. The number of ketones is 1. The summed E-state index contributed by atoms with van der Waals surface area (Å²) in [6, 6.07) is 6.37. The fourth-order valence-corrected chi connectivity index (χ4v) is 2.11. The molecule has 0 fully saturated rings. The Morgan fingerprint density at radius 3 is 2.67 bits per heavy atom. The molecule has 1 aliphatic rings. The largest absolute Gasteiger partial charge is 0.469 e. The standard InChI is InChI=1S/C15H12O6/c1-18-14(16)6-9-5-12-13(21-8-20-12)7-10(9)15(17)11-3-2-4-19-11/h2-5,7H,6,8H2,1H3. The van der Waals surface area contributed by atoms with Crippen LogP contribution < -0.4 is 9.47 Å². The third-order valence-electron chi connectivity index (χ3n) is 3.15. The first kappa shape index (κ1) is 13.2. The maximum absolute atomic E-state index is 12.5. The summed E-state index contributed by atoms with van der Waals surface area (Å²) < 4.78 is 20.3. The Morgan fingerprint density at radius 2 is 2.00 bits per heavy atom. The summed E-state index contributed by atoms with van der Waals surface area (Å²) in [6.45, 7) is 0.0887. The maximum atomic E-state index is 12.5. The van der Waals surface area contributed by atoms with Gasteiger partial charge in [0.2, 0.25) is 12.6 Å². The zero-order valence-electron chi connectivity index (χ0n) is 11.3. The monoisotopic (exact) mass is 288 g/mol. The van der Waals surface area contributed by atoms with Gasteiger partial charge in [0.05, 0.1) is 19.8 Å². The SMILES string of the molecule is COC(=O)Cc1cc2c(cc1C(=O)c1ccco1)OCO2. The molecule has 0 atom stereocenters. The van der Waals surface area contributed by atoms with Gasteiger partial charge < -0.3 is 18.6 Å². The summed E-state index contributed by atoms with van der Waals surface area (Å²) in [5, 5.41) is 0. The topological polar surface area (TPSA) is 75.0 Å². The number of hydrogen-bond acceptors (Lipinski definition) is 6. The van der Waals surface area contributed by atoms with E-state index >= 15 is 0 Å². The molecule has 108 valence electrons. The van der Waals surface area contributed by atoms with E-state index in [0.29, 0.717) is 22.6 Å². The highest BCUT2D eigenvalue weighted by Gasteiger charge is 2.24. The number of carbonyl (C=O) groups is 2. The van der Waals surface area contributed by atoms with E-state index in [9.17, 15) is 9.59 Å². The molecule has 0 spiro atoms. The zero-order chi connectivity index (χ0) is 14.8. The van der Waals surface area contributed by atoms with Crippen molar-refractivity contribution in [2.45, 2.75) is 6.42 Å². The van der Waals surface area contributed by atoms with Gasteiger partial charge in [-0.05, 0) is 29.8 Å². The third-order valence-corrected chi connectivity index (χ3v) is 3.15. The van der Waals surface area contributed by atoms with Crippen molar-refractivity contribution in [2.24, 2.45) is 0 Å². The smallest absolute Gasteiger partial charge is 0.310 e. The molecule has 0 unspecified atom stereocenters. The molecule has 0 saturated carbocycles. The number of fused-ring (bicyclic) bond motifs is 1. The molecule has 0 saturated heterocycles. The Balaban J connectivity index is 2.04. The highest BCUT2D eigenvalue weighted by molar-refractivity contribution is 6.09. The van der Waals surface area contributed by atoms with Crippen LogP contribution in [0, 0.1) is 0 Å². The average Bonchev–Trinajstić information content (AvgIpc) is 3.16. The summed E-state index contributed by atoms with van der Waals surface area (Å²) in [4.78, 5) is 24.0. The van der Waals surface area contributed by atoms with Gasteiger partial charge in [0, 0.05) is 5.56 Å². The lowest BCUT2D eigenvalue weighted by atomic mass is 9.98. The Bertz CT molecular complexity index is 686. The summed E-state index contributed by atoms with van der Waals surface area (Å²) in [5.74, 6) is 0.406. The number of benzene rings is 1. The Labute approximate surface area is 120 Å². The summed E-state index contributed by atoms with van der Waals surface area (Å²) >= 11 is 0. The first-order valence-electron chi connectivity index (χ1n) is 6.26. The van der Waals surface area contributed by atoms with Crippen LogP contribution in [0.2, 0.25) is 0 Å². The van der Waals surface area contributed by atoms with Crippen molar-refractivity contribution in [1.82, 2.24) is 0 Å². The molecule has 1 aliphatic heterocycles. The number of ether oxygens (including phenoxy) is 3. The molecule has 21 heavy (non-hydrogen) atoms. The third kappa shape index (κ3) is 2.47. The van der Waals surface area contributed by atoms with Crippen LogP contribution in [0.15, 0.2) is 34.9 Å². The number of hydrogen-bond donors (Lipinski definition) is 0. The molecule has 2 heterocycles. The highest BCUT2D eigenvalue weighted by Crippen LogP contribution is 2.36. The normalized spacial score (nSPS) is 12.2. The van der Waals surface area contributed by atoms with Gasteiger partial charge in [-0.2, -0.15) is 0 Å². The molecular formula is C15H12O6. The molecule has 0 aliphatic carbocycles. The molecule has 0 N–H and O–H groups in total. The number of esters is 1. The first-order valence-corrected chi connectivity index (χ1v) is 6.26. The predicted octanol–water partition coefficient (Wildman–Crippen LogP) is 1.95. The zero-order valence-corrected chi connectivity index (χ0v) is 11.3. The lowest BCUT2D eigenvalue weighted by molar-refractivity contribution is -0.139. The van der Waals surface area contributed by atoms with Crippen molar-refractivity contribution in [3.63, 3.8) is 0 Å². The van der Waals surface area contributed by atoms with Gasteiger partial charge in [-0.25, -0.2) is 0 Å². The van der Waals surface area contributed by atoms with E-state index in [1.54, 1.807) is 24.3 Å². The summed E-state index contributed by atoms with van der Waals surface area (Å²) in [6.07, 6.45) is 1.38. The van der Waals surface area contributed by atoms with E-state index in [4.69, 9.17) is 13.9 Å². The van der Waals surface area contributed by atoms with Crippen LogP contribution in [0.4, 0.5) is 0 Å². The highest BCUT2D eigenvalue weighted by atomic mass is 16.7. The van der Waals surface area contributed by atoms with Crippen LogP contribution in [0.1, 0.15) is 21.7 Å². The van der Waals surface area contributed by atoms with Gasteiger partial charge in [-0.3, -0.25) is 9.59 Å². The van der Waals surface area contributed by atoms with Gasteiger partial charge in [0.25, 0.3) is 0 Å². The molecule has 1 aromatic carbocycles. The van der Waals surface area contributed by atoms with Crippen LogP contribution in [0.5, 0.6) is 11.5 Å². The van der Waals surface area contributed by atoms with Crippen LogP contribution in [0.3, 0.4) is 0 Å². The Morgan fingerprint density at radius 1 is 1.24 bits per heavy atom. The number of carbonyl (C=O) groups excluding carboxylic acids is 2. The van der Waals surface area contributed by atoms with Gasteiger partial charge in [-0.1, -0.05) is 0 Å². The van der Waals surface area contributed by atoms with E-state index in [1.165, 1.54) is 13.4 Å². The molecular weight excluding hydrogens is 276 g/mol. The van der Waals surface area contributed by atoms with Crippen LogP contribution in [-0.2, 0) is 16.0 Å². The van der Waals surface area contributed by atoms with Gasteiger partial charge in [0.15, 0.2) is 17.3 Å². The fourth-order valence-electron chi connectivity index (χ4n) is 2.11. The second-order valence-electron chi connectivity index (χ2n) is 4.42. The van der Waals surface area contributed by atoms with E-state index in [0.717, 1.165) is 0 Å². The van der Waals surface area contributed by atoms with Crippen LogP contribution in [0.25, 0.3) is 0 Å². The molecule has 2 aromatic rings. The lowest BCUT2D eigenvalue weighted by Gasteiger charge is -2.08. The molecule has 3 rings (SSSR count). The van der Waals surface area contributed by atoms with Crippen molar-refractivity contribution in [1.29, 1.82) is 0 Å². The quantitative estimate of drug-likeness (QED) is 0.632. The molecule has 0 radical (unpaired) electrons. The van der Waals surface area contributed by atoms with E-state index in [2.05, 4.69) is 4.74 Å². The predicted molar refractivity (Wildman–Crippen MR) is 70.4 cm³/mol. The molecule has 0 amide bonds. The molecule has 0 bridgehead atoms. The minimum atomic E-state index is -0.442. The van der Waals surface area contributed by atoms with Crippen molar-refractivity contribution >= 4 is 11.8 Å². The van der Waals surface area contributed by atoms with E-state index in [-0.39, 0.29) is 24.8 Å². The number of rotatable bonds is 4. The van der Waals surface area contributed by atoms with E-state index in [1.807, 2.05) is 0 Å². The van der Waals surface area contributed by atoms with Crippen molar-refractivity contribution in [2.75, 3.05) is 13.9 Å². The molecule has 6 heteroatoms. The number of furan rings is 1. The summed E-state index contributed by atoms with van der Waals surface area (Å²) in [5.41, 5.74) is 0.840. The minimum absolute atomic E-state index is 0.0328. The van der Waals surface area contributed by atoms with Crippen molar-refractivity contribution in [3.8, 4) is 11.5 Å². The Hall–Kier alpha value is -2.76. The number of methoxy groups -OCH3 is 1. The van der Waals surface area contributed by atoms with E-state index < -0.39 is 5.97 Å². The lowest BCUT2D eigenvalue weighted by Crippen LogP contribution is -2.10. The average molecular weight is 288 g/mol. The van der Waals surface area contributed by atoms with Gasteiger partial charge in [0.1, 0.15) is 0 Å². The molecule has 1 aromatic heterocycles. The summed E-state index contributed by atoms with van der Waals surface area (Å²) in [7, 11) is 1.29. The van der Waals surface area contributed by atoms with Crippen molar-refractivity contribution in [3.05, 3.63) is 47.4 Å².